The fraction of sp³-hybridized carbons (Fsp3) is 0.300. The maximum atomic E-state index is 7.28. The Morgan fingerprint density at radius 3 is 2.23 bits per heavy atom. The lowest BCUT2D eigenvalue weighted by atomic mass is 10.1. The van der Waals surface area contributed by atoms with Crippen LogP contribution in [0.1, 0.15) is 11.6 Å². The van der Waals surface area contributed by atoms with E-state index < -0.39 is 0 Å². The van der Waals surface area contributed by atoms with Gasteiger partial charge in [-0.25, -0.2) is 0 Å². The van der Waals surface area contributed by atoms with Gasteiger partial charge in [0.15, 0.2) is 0 Å². The van der Waals surface area contributed by atoms with Crippen LogP contribution in [0.25, 0.3) is 0 Å². The van der Waals surface area contributed by atoms with E-state index >= 15 is 0 Å². The second-order valence-corrected chi connectivity index (χ2v) is 3.56. The van der Waals surface area contributed by atoms with E-state index in [1.807, 2.05) is 43.3 Å². The molecule has 0 saturated carbocycles. The molecule has 1 unspecified atom stereocenters. The molecule has 1 aromatic rings. The summed E-state index contributed by atoms with van der Waals surface area (Å²) in [6.07, 6.45) is 1.42. The van der Waals surface area contributed by atoms with Gasteiger partial charge in [-0.1, -0.05) is 23.7 Å². The molecule has 0 fully saturated rings. The highest BCUT2D eigenvalue weighted by atomic mass is 35.5. The highest BCUT2D eigenvalue weighted by Crippen LogP contribution is 2.18. The van der Waals surface area contributed by atoms with Gasteiger partial charge in [0.2, 0.25) is 0 Å². The summed E-state index contributed by atoms with van der Waals surface area (Å²) in [6.45, 7) is 0. The molecular formula is C10H13ClN2. The quantitative estimate of drug-likeness (QED) is 0.740. The Hall–Kier alpha value is -0.860. The number of hydrogen-bond acceptors (Lipinski definition) is 2. The minimum absolute atomic E-state index is 0.0391. The fourth-order valence-corrected chi connectivity index (χ4v) is 1.33. The van der Waals surface area contributed by atoms with Crippen molar-refractivity contribution in [1.82, 2.24) is 4.90 Å². The normalized spacial score (nSPS) is 12.9. The molecule has 1 N–H and O–H groups in total. The molecule has 1 atom stereocenters. The SMILES string of the molecule is CN(C)C(C=N)c1ccc(Cl)cc1. The summed E-state index contributed by atoms with van der Waals surface area (Å²) in [4.78, 5) is 1.98. The van der Waals surface area contributed by atoms with Crippen LogP contribution in [-0.4, -0.2) is 25.2 Å². The third kappa shape index (κ3) is 2.54. The Balaban J connectivity index is 2.92. The van der Waals surface area contributed by atoms with Gasteiger partial charge in [-0.3, -0.25) is 4.90 Å². The van der Waals surface area contributed by atoms with E-state index in [0.717, 1.165) is 10.6 Å². The van der Waals surface area contributed by atoms with E-state index in [2.05, 4.69) is 0 Å². The number of hydrogen-bond donors (Lipinski definition) is 1. The Kier molecular flexibility index (Phi) is 3.46. The Morgan fingerprint density at radius 1 is 1.31 bits per heavy atom. The largest absolute Gasteiger partial charge is 0.311 e. The standard InChI is InChI=1S/C10H13ClN2/c1-13(2)10(7-12)8-3-5-9(11)6-4-8/h3-7,10,12H,1-2H3. The predicted octanol–water partition coefficient (Wildman–Crippen LogP) is 2.59. The van der Waals surface area contributed by atoms with Crippen molar-refractivity contribution in [3.05, 3.63) is 34.9 Å². The first kappa shape index (κ1) is 10.2. The van der Waals surface area contributed by atoms with Crippen LogP contribution in [-0.2, 0) is 0 Å². The number of rotatable bonds is 3. The maximum absolute atomic E-state index is 7.28. The molecule has 2 nitrogen and oxygen atoms in total. The van der Waals surface area contributed by atoms with Crippen molar-refractivity contribution in [2.24, 2.45) is 0 Å². The average Bonchev–Trinajstić information content (AvgIpc) is 2.09. The Morgan fingerprint density at radius 2 is 1.85 bits per heavy atom. The van der Waals surface area contributed by atoms with E-state index in [4.69, 9.17) is 17.0 Å². The van der Waals surface area contributed by atoms with Gasteiger partial charge >= 0.3 is 0 Å². The van der Waals surface area contributed by atoms with E-state index in [9.17, 15) is 0 Å². The number of nitrogens with zero attached hydrogens (tertiary/aromatic N) is 1. The van der Waals surface area contributed by atoms with Crippen LogP contribution in [0.15, 0.2) is 24.3 Å². The lowest BCUT2D eigenvalue weighted by Crippen LogP contribution is -2.20. The monoisotopic (exact) mass is 196 g/mol. The van der Waals surface area contributed by atoms with Gasteiger partial charge in [-0.05, 0) is 31.8 Å². The average molecular weight is 197 g/mol. The summed E-state index contributed by atoms with van der Waals surface area (Å²) in [5.74, 6) is 0. The van der Waals surface area contributed by atoms with Crippen molar-refractivity contribution in [1.29, 1.82) is 5.41 Å². The number of halogens is 1. The molecule has 1 rings (SSSR count). The van der Waals surface area contributed by atoms with Crippen molar-refractivity contribution in [2.75, 3.05) is 14.1 Å². The van der Waals surface area contributed by atoms with E-state index in [1.54, 1.807) is 0 Å². The first-order valence-corrected chi connectivity index (χ1v) is 4.45. The van der Waals surface area contributed by atoms with Crippen LogP contribution >= 0.6 is 11.6 Å². The third-order valence-corrected chi connectivity index (χ3v) is 2.18. The molecule has 70 valence electrons. The van der Waals surface area contributed by atoms with Crippen LogP contribution in [0.4, 0.5) is 0 Å². The highest BCUT2D eigenvalue weighted by Gasteiger charge is 2.09. The first-order valence-electron chi connectivity index (χ1n) is 4.07. The Labute approximate surface area is 83.6 Å². The molecule has 0 aromatic heterocycles. The minimum Gasteiger partial charge on any atom is -0.311 e. The van der Waals surface area contributed by atoms with Crippen LogP contribution in [0.3, 0.4) is 0 Å². The van der Waals surface area contributed by atoms with Crippen molar-refractivity contribution in [2.45, 2.75) is 6.04 Å². The van der Waals surface area contributed by atoms with Gasteiger partial charge in [-0.15, -0.1) is 0 Å². The molecule has 0 amide bonds. The zero-order chi connectivity index (χ0) is 9.84. The highest BCUT2D eigenvalue weighted by molar-refractivity contribution is 6.30. The zero-order valence-corrected chi connectivity index (χ0v) is 8.55. The molecule has 13 heavy (non-hydrogen) atoms. The van der Waals surface area contributed by atoms with Gasteiger partial charge in [0.25, 0.3) is 0 Å². The molecule has 0 spiro atoms. The minimum atomic E-state index is 0.0391. The number of nitrogens with one attached hydrogen (secondary N) is 1. The smallest absolute Gasteiger partial charge is 0.0693 e. The third-order valence-electron chi connectivity index (χ3n) is 1.93. The second-order valence-electron chi connectivity index (χ2n) is 3.13. The van der Waals surface area contributed by atoms with Crippen molar-refractivity contribution >= 4 is 17.8 Å². The lowest BCUT2D eigenvalue weighted by molar-refractivity contribution is 0.374. The first-order chi connectivity index (χ1) is 6.15. The van der Waals surface area contributed by atoms with Gasteiger partial charge < -0.3 is 5.41 Å². The molecule has 0 saturated heterocycles. The maximum Gasteiger partial charge on any atom is 0.0693 e. The second kappa shape index (κ2) is 4.40. The van der Waals surface area contributed by atoms with Gasteiger partial charge in [-0.2, -0.15) is 0 Å². The summed E-state index contributed by atoms with van der Waals surface area (Å²) >= 11 is 5.77. The van der Waals surface area contributed by atoms with Gasteiger partial charge in [0, 0.05) is 11.2 Å². The molecule has 0 aliphatic carbocycles. The summed E-state index contributed by atoms with van der Waals surface area (Å²) in [7, 11) is 3.90. The van der Waals surface area contributed by atoms with E-state index in [-0.39, 0.29) is 6.04 Å². The lowest BCUT2D eigenvalue weighted by Gasteiger charge is -2.19. The summed E-state index contributed by atoms with van der Waals surface area (Å²) in [5, 5.41) is 8.01. The summed E-state index contributed by atoms with van der Waals surface area (Å²) in [5.41, 5.74) is 1.09. The fourth-order valence-electron chi connectivity index (χ4n) is 1.20. The molecule has 0 heterocycles. The van der Waals surface area contributed by atoms with Gasteiger partial charge in [0.05, 0.1) is 6.04 Å². The van der Waals surface area contributed by atoms with Crippen LogP contribution < -0.4 is 0 Å². The molecule has 0 aliphatic rings. The van der Waals surface area contributed by atoms with Crippen molar-refractivity contribution in [3.8, 4) is 0 Å². The molecular weight excluding hydrogens is 184 g/mol. The molecule has 0 bridgehead atoms. The zero-order valence-electron chi connectivity index (χ0n) is 7.79. The van der Waals surface area contributed by atoms with E-state index in [0.29, 0.717) is 0 Å². The predicted molar refractivity (Wildman–Crippen MR) is 56.7 cm³/mol. The number of benzene rings is 1. The van der Waals surface area contributed by atoms with Crippen molar-refractivity contribution in [3.63, 3.8) is 0 Å². The molecule has 0 aliphatic heterocycles. The van der Waals surface area contributed by atoms with Gasteiger partial charge in [0.1, 0.15) is 0 Å². The molecule has 3 heteroatoms. The molecule has 0 radical (unpaired) electrons. The Bertz CT molecular complexity index is 279. The van der Waals surface area contributed by atoms with Crippen LogP contribution in [0.2, 0.25) is 5.02 Å². The molecule has 1 aromatic carbocycles. The summed E-state index contributed by atoms with van der Waals surface area (Å²) in [6, 6.07) is 7.61. The van der Waals surface area contributed by atoms with Crippen LogP contribution in [0, 0.1) is 5.41 Å². The summed E-state index contributed by atoms with van der Waals surface area (Å²) < 4.78 is 0. The van der Waals surface area contributed by atoms with Crippen LogP contribution in [0.5, 0.6) is 0 Å². The van der Waals surface area contributed by atoms with Crippen molar-refractivity contribution < 1.29 is 0 Å². The van der Waals surface area contributed by atoms with E-state index in [1.165, 1.54) is 6.21 Å². The topological polar surface area (TPSA) is 27.1 Å².